The average molecular weight is 353 g/mol. The van der Waals surface area contributed by atoms with E-state index in [1.165, 1.54) is 0 Å². The Morgan fingerprint density at radius 2 is 2.00 bits per heavy atom. The van der Waals surface area contributed by atoms with Gasteiger partial charge in [0.25, 0.3) is 0 Å². The lowest BCUT2D eigenvalue weighted by molar-refractivity contribution is -0.192. The van der Waals surface area contributed by atoms with Crippen molar-refractivity contribution in [1.82, 2.24) is 9.97 Å². The highest BCUT2D eigenvalue weighted by Gasteiger charge is 2.38. The fourth-order valence-electron chi connectivity index (χ4n) is 1.88. The van der Waals surface area contributed by atoms with E-state index < -0.39 is 12.1 Å². The normalized spacial score (nSPS) is 10.7. The molecule has 3 N–H and O–H groups in total. The summed E-state index contributed by atoms with van der Waals surface area (Å²) in [6, 6.07) is 11.7. The monoisotopic (exact) mass is 353 g/mol. The summed E-state index contributed by atoms with van der Waals surface area (Å²) in [4.78, 5) is 16.3. The van der Waals surface area contributed by atoms with Crippen LogP contribution in [0.3, 0.4) is 0 Å². The lowest BCUT2D eigenvalue weighted by Crippen LogP contribution is -2.21. The van der Waals surface area contributed by atoms with Crippen LogP contribution in [0.5, 0.6) is 11.6 Å². The van der Waals surface area contributed by atoms with Gasteiger partial charge in [0.05, 0.1) is 0 Å². The third-order valence-corrected chi connectivity index (χ3v) is 3.04. The van der Waals surface area contributed by atoms with Crippen molar-refractivity contribution in [3.8, 4) is 11.6 Å². The van der Waals surface area contributed by atoms with Crippen LogP contribution in [0.25, 0.3) is 10.9 Å². The van der Waals surface area contributed by atoms with E-state index in [0.29, 0.717) is 5.88 Å². The number of rotatable bonds is 3. The first kappa shape index (κ1) is 18.1. The number of nitrogens with one attached hydrogen (secondary N) is 2. The Balaban J connectivity index is 0.000000277. The Morgan fingerprint density at radius 1 is 1.28 bits per heavy atom. The highest BCUT2D eigenvalue weighted by Crippen LogP contribution is 2.29. The third kappa shape index (κ3) is 4.87. The lowest BCUT2D eigenvalue weighted by atomic mass is 10.2. The van der Waals surface area contributed by atoms with E-state index in [-0.39, 0.29) is 0 Å². The van der Waals surface area contributed by atoms with E-state index >= 15 is 0 Å². The number of halogens is 3. The summed E-state index contributed by atoms with van der Waals surface area (Å²) in [5.41, 5.74) is 2.03. The Kier molecular flexibility index (Phi) is 5.48. The minimum atomic E-state index is -5.08. The van der Waals surface area contributed by atoms with Crippen molar-refractivity contribution in [3.63, 3.8) is 0 Å². The molecule has 0 spiro atoms. The summed E-state index contributed by atoms with van der Waals surface area (Å²) in [6.07, 6.45) is -1.46. The van der Waals surface area contributed by atoms with Crippen molar-refractivity contribution in [2.75, 3.05) is 12.4 Å². The number of carbonyl (C=O) groups is 1. The second kappa shape index (κ2) is 7.56. The van der Waals surface area contributed by atoms with Crippen LogP contribution in [0.15, 0.2) is 48.8 Å². The predicted molar refractivity (Wildman–Crippen MR) is 85.8 cm³/mol. The van der Waals surface area contributed by atoms with Gasteiger partial charge in [-0.3, -0.25) is 0 Å². The van der Waals surface area contributed by atoms with E-state index in [2.05, 4.69) is 15.3 Å². The standard InChI is InChI=1S/C14H13N3O.C2HF3O2/c1-15-10-5-7-17-14(9-10)18-13-4-2-3-12-11(13)6-8-16-12;3-2(4,5)1(6)7/h2-9,16H,1H3,(H,15,17);(H,6,7). The first-order valence-corrected chi connectivity index (χ1v) is 6.99. The van der Waals surface area contributed by atoms with Crippen LogP contribution in [0.1, 0.15) is 0 Å². The summed E-state index contributed by atoms with van der Waals surface area (Å²) >= 11 is 0. The van der Waals surface area contributed by atoms with Gasteiger partial charge in [0.1, 0.15) is 5.75 Å². The molecule has 3 rings (SSSR count). The summed E-state index contributed by atoms with van der Waals surface area (Å²) < 4.78 is 37.6. The van der Waals surface area contributed by atoms with Gasteiger partial charge in [-0.05, 0) is 24.3 Å². The van der Waals surface area contributed by atoms with Crippen molar-refractivity contribution < 1.29 is 27.8 Å². The molecule has 0 atom stereocenters. The molecule has 132 valence electrons. The minimum Gasteiger partial charge on any atom is -0.475 e. The number of hydrogen-bond donors (Lipinski definition) is 3. The maximum atomic E-state index is 10.6. The number of benzene rings is 1. The first-order chi connectivity index (χ1) is 11.8. The Bertz CT molecular complexity index is 862. The molecule has 6 nitrogen and oxygen atoms in total. The molecule has 2 aromatic heterocycles. The SMILES string of the molecule is CNc1ccnc(Oc2cccc3[nH]ccc23)c1.O=C(O)C(F)(F)F. The van der Waals surface area contributed by atoms with Gasteiger partial charge in [0.15, 0.2) is 0 Å². The molecule has 0 aliphatic carbocycles. The highest BCUT2D eigenvalue weighted by atomic mass is 19.4. The number of nitrogens with zero attached hydrogens (tertiary/aromatic N) is 1. The Morgan fingerprint density at radius 3 is 2.64 bits per heavy atom. The predicted octanol–water partition coefficient (Wildman–Crippen LogP) is 4.03. The van der Waals surface area contributed by atoms with E-state index in [1.54, 1.807) is 6.20 Å². The van der Waals surface area contributed by atoms with Crippen LogP contribution in [0.2, 0.25) is 0 Å². The van der Waals surface area contributed by atoms with Crippen molar-refractivity contribution in [3.05, 3.63) is 48.8 Å². The van der Waals surface area contributed by atoms with Crippen LogP contribution in [-0.4, -0.2) is 34.3 Å². The number of H-pyrrole nitrogens is 1. The number of anilines is 1. The summed E-state index contributed by atoms with van der Waals surface area (Å²) in [5, 5.41) is 11.2. The number of aliphatic carboxylic acids is 1. The molecule has 9 heteroatoms. The number of carboxylic acid groups (broad SMARTS) is 1. The fourth-order valence-corrected chi connectivity index (χ4v) is 1.88. The van der Waals surface area contributed by atoms with E-state index in [0.717, 1.165) is 22.3 Å². The van der Waals surface area contributed by atoms with Crippen LogP contribution in [0.4, 0.5) is 18.9 Å². The van der Waals surface area contributed by atoms with Crippen molar-refractivity contribution in [1.29, 1.82) is 0 Å². The zero-order valence-corrected chi connectivity index (χ0v) is 13.0. The van der Waals surface area contributed by atoms with Gasteiger partial charge < -0.3 is 20.1 Å². The van der Waals surface area contributed by atoms with Gasteiger partial charge in [-0.15, -0.1) is 0 Å². The van der Waals surface area contributed by atoms with Gasteiger partial charge in [-0.2, -0.15) is 13.2 Å². The maximum absolute atomic E-state index is 10.6. The van der Waals surface area contributed by atoms with Gasteiger partial charge in [0, 0.05) is 42.1 Å². The molecule has 0 aliphatic heterocycles. The number of aromatic nitrogens is 2. The topological polar surface area (TPSA) is 87.2 Å². The van der Waals surface area contributed by atoms with E-state index in [4.69, 9.17) is 14.6 Å². The van der Waals surface area contributed by atoms with Crippen LogP contribution < -0.4 is 10.1 Å². The quantitative estimate of drug-likeness (QED) is 0.662. The molecule has 0 fully saturated rings. The summed E-state index contributed by atoms with van der Waals surface area (Å²) in [6.45, 7) is 0. The Labute approximate surface area is 140 Å². The summed E-state index contributed by atoms with van der Waals surface area (Å²) in [7, 11) is 1.87. The number of alkyl halides is 3. The van der Waals surface area contributed by atoms with Crippen molar-refractivity contribution in [2.45, 2.75) is 6.18 Å². The molecule has 3 aromatic rings. The largest absolute Gasteiger partial charge is 0.490 e. The van der Waals surface area contributed by atoms with Gasteiger partial charge >= 0.3 is 12.1 Å². The second-order valence-corrected chi connectivity index (χ2v) is 4.73. The third-order valence-electron chi connectivity index (χ3n) is 3.04. The van der Waals surface area contributed by atoms with Crippen molar-refractivity contribution >= 4 is 22.6 Å². The smallest absolute Gasteiger partial charge is 0.475 e. The number of ether oxygens (including phenoxy) is 1. The lowest BCUT2D eigenvalue weighted by Gasteiger charge is -2.07. The number of hydrogen-bond acceptors (Lipinski definition) is 4. The van der Waals surface area contributed by atoms with E-state index in [9.17, 15) is 13.2 Å². The second-order valence-electron chi connectivity index (χ2n) is 4.73. The number of pyridine rings is 1. The van der Waals surface area contributed by atoms with Gasteiger partial charge in [-0.1, -0.05) is 6.07 Å². The minimum absolute atomic E-state index is 0.579. The zero-order chi connectivity index (χ0) is 18.4. The van der Waals surface area contributed by atoms with Gasteiger partial charge in [-0.25, -0.2) is 9.78 Å². The molecular formula is C16H14F3N3O3. The maximum Gasteiger partial charge on any atom is 0.490 e. The van der Waals surface area contributed by atoms with Crippen LogP contribution in [0, 0.1) is 0 Å². The van der Waals surface area contributed by atoms with Crippen LogP contribution in [-0.2, 0) is 4.79 Å². The number of aromatic amines is 1. The molecule has 1 aromatic carbocycles. The molecule has 0 unspecified atom stereocenters. The molecule has 0 bridgehead atoms. The number of carboxylic acids is 1. The highest BCUT2D eigenvalue weighted by molar-refractivity contribution is 5.85. The zero-order valence-electron chi connectivity index (χ0n) is 13.0. The fraction of sp³-hybridized carbons (Fsp3) is 0.125. The summed E-state index contributed by atoms with van der Waals surface area (Å²) in [5.74, 6) is -1.38. The molecule has 2 heterocycles. The first-order valence-electron chi connectivity index (χ1n) is 6.99. The van der Waals surface area contributed by atoms with E-state index in [1.807, 2.05) is 49.6 Å². The Hall–Kier alpha value is -3.23. The van der Waals surface area contributed by atoms with Gasteiger partial charge in [0.2, 0.25) is 5.88 Å². The molecule has 0 aliphatic rings. The molecule has 0 amide bonds. The van der Waals surface area contributed by atoms with Crippen molar-refractivity contribution in [2.24, 2.45) is 0 Å². The molecule has 0 saturated carbocycles. The number of fused-ring (bicyclic) bond motifs is 1. The molecular weight excluding hydrogens is 339 g/mol. The molecule has 0 radical (unpaired) electrons. The van der Waals surface area contributed by atoms with Crippen LogP contribution >= 0.6 is 0 Å². The molecule has 25 heavy (non-hydrogen) atoms. The molecule has 0 saturated heterocycles. The average Bonchev–Trinajstić information content (AvgIpc) is 3.04.